The highest BCUT2D eigenvalue weighted by atomic mass is 32.1. The molecule has 2 amide bonds. The Morgan fingerprint density at radius 2 is 2.15 bits per heavy atom. The highest BCUT2D eigenvalue weighted by Gasteiger charge is 2.38. The fraction of sp³-hybridized carbons (Fsp3) is 0.600. The number of carbonyl (C=O) groups is 2. The van der Waals surface area contributed by atoms with Gasteiger partial charge in [0.05, 0.1) is 5.56 Å². The minimum atomic E-state index is -0.289. The fourth-order valence-corrected chi connectivity index (χ4v) is 4.17. The van der Waals surface area contributed by atoms with Gasteiger partial charge in [0.1, 0.15) is 6.04 Å². The summed E-state index contributed by atoms with van der Waals surface area (Å²) in [5.41, 5.74) is 1.96. The first-order valence-corrected chi connectivity index (χ1v) is 8.16. The van der Waals surface area contributed by atoms with Crippen molar-refractivity contribution in [1.29, 1.82) is 0 Å². The van der Waals surface area contributed by atoms with Gasteiger partial charge in [-0.1, -0.05) is 13.8 Å². The van der Waals surface area contributed by atoms with Crippen LogP contribution in [0.15, 0.2) is 5.38 Å². The lowest BCUT2D eigenvalue weighted by atomic mass is 10.1. The lowest BCUT2D eigenvalue weighted by Crippen LogP contribution is -2.45. The molecule has 1 N–H and O–H groups in total. The van der Waals surface area contributed by atoms with E-state index >= 15 is 0 Å². The van der Waals surface area contributed by atoms with Crippen molar-refractivity contribution in [3.05, 3.63) is 21.4 Å². The van der Waals surface area contributed by atoms with Crippen LogP contribution in [0.2, 0.25) is 0 Å². The molecule has 0 spiro atoms. The maximum Gasteiger partial charge on any atom is 0.256 e. The first-order valence-electron chi connectivity index (χ1n) is 7.28. The van der Waals surface area contributed by atoms with E-state index in [0.29, 0.717) is 12.5 Å². The van der Waals surface area contributed by atoms with Crippen molar-refractivity contribution in [3.63, 3.8) is 0 Å². The van der Waals surface area contributed by atoms with E-state index in [1.54, 1.807) is 16.2 Å². The summed E-state index contributed by atoms with van der Waals surface area (Å²) in [6, 6.07) is -0.289. The van der Waals surface area contributed by atoms with Gasteiger partial charge >= 0.3 is 0 Å². The van der Waals surface area contributed by atoms with E-state index in [1.165, 1.54) is 4.88 Å². The minimum absolute atomic E-state index is 0.00998. The maximum atomic E-state index is 12.5. The number of amides is 2. The quantitative estimate of drug-likeness (QED) is 0.910. The van der Waals surface area contributed by atoms with Crippen molar-refractivity contribution < 1.29 is 9.59 Å². The Kier molecular flexibility index (Phi) is 3.54. The number of fused-ring (bicyclic) bond motifs is 1. The Morgan fingerprint density at radius 3 is 2.90 bits per heavy atom. The molecule has 108 valence electrons. The van der Waals surface area contributed by atoms with Gasteiger partial charge < -0.3 is 10.2 Å². The predicted octanol–water partition coefficient (Wildman–Crippen LogP) is 2.50. The molecule has 2 aliphatic heterocycles. The number of hydrogen-bond acceptors (Lipinski definition) is 3. The molecule has 2 aliphatic rings. The number of nitrogens with zero attached hydrogens (tertiary/aromatic N) is 1. The van der Waals surface area contributed by atoms with Crippen molar-refractivity contribution in [2.75, 3.05) is 6.54 Å². The first-order chi connectivity index (χ1) is 9.59. The summed E-state index contributed by atoms with van der Waals surface area (Å²) >= 11 is 1.67. The van der Waals surface area contributed by atoms with E-state index in [0.717, 1.165) is 36.9 Å². The van der Waals surface area contributed by atoms with Crippen molar-refractivity contribution in [3.8, 4) is 0 Å². The summed E-state index contributed by atoms with van der Waals surface area (Å²) in [5.74, 6) is 0.473. The Balaban J connectivity index is 1.87. The number of carbonyl (C=O) groups excluding carboxylic acids is 2. The van der Waals surface area contributed by atoms with E-state index in [4.69, 9.17) is 0 Å². The van der Waals surface area contributed by atoms with Crippen molar-refractivity contribution in [1.82, 2.24) is 10.2 Å². The van der Waals surface area contributed by atoms with Gasteiger partial charge in [0.15, 0.2) is 0 Å². The topological polar surface area (TPSA) is 49.4 Å². The third kappa shape index (κ3) is 2.14. The third-order valence-electron chi connectivity index (χ3n) is 4.15. The van der Waals surface area contributed by atoms with Crippen LogP contribution in [0, 0.1) is 0 Å². The second kappa shape index (κ2) is 5.20. The lowest BCUT2D eigenvalue weighted by Gasteiger charge is -2.25. The molecular weight excluding hydrogens is 272 g/mol. The third-order valence-corrected chi connectivity index (χ3v) is 5.48. The summed E-state index contributed by atoms with van der Waals surface area (Å²) in [5, 5.41) is 4.88. The Hall–Kier alpha value is -1.36. The number of nitrogens with one attached hydrogen (secondary N) is 1. The molecule has 1 fully saturated rings. The second-order valence-corrected chi connectivity index (χ2v) is 6.79. The van der Waals surface area contributed by atoms with E-state index < -0.39 is 0 Å². The molecule has 0 aliphatic carbocycles. The maximum absolute atomic E-state index is 12.5. The summed E-state index contributed by atoms with van der Waals surface area (Å²) in [7, 11) is 0. The van der Waals surface area contributed by atoms with Gasteiger partial charge in [-0.2, -0.15) is 0 Å². The second-order valence-electron chi connectivity index (χ2n) is 5.88. The first kappa shape index (κ1) is 13.6. The lowest BCUT2D eigenvalue weighted by molar-refractivity contribution is -0.125. The van der Waals surface area contributed by atoms with Crippen molar-refractivity contribution in [2.24, 2.45) is 0 Å². The molecule has 0 aromatic carbocycles. The molecule has 1 aromatic rings. The molecule has 3 heterocycles. The highest BCUT2D eigenvalue weighted by Crippen LogP contribution is 2.37. The fourth-order valence-electron chi connectivity index (χ4n) is 3.09. The zero-order chi connectivity index (χ0) is 14.3. The van der Waals surface area contributed by atoms with E-state index in [1.807, 2.05) is 5.38 Å². The highest BCUT2D eigenvalue weighted by molar-refractivity contribution is 7.10. The standard InChI is InChI=1S/C15H20N2O2S/c1-9(2)13-10-7-17(15(19)11(10)8-20-13)12-5-3-4-6-16-14(12)18/h8-9,12H,3-7H2,1-2H3,(H,16,18)/t12-/m0/s1. The predicted molar refractivity (Wildman–Crippen MR) is 78.9 cm³/mol. The van der Waals surface area contributed by atoms with Crippen LogP contribution in [0.3, 0.4) is 0 Å². The van der Waals surface area contributed by atoms with Gasteiger partial charge in [0.25, 0.3) is 5.91 Å². The van der Waals surface area contributed by atoms with Crippen LogP contribution in [0.1, 0.15) is 59.8 Å². The summed E-state index contributed by atoms with van der Waals surface area (Å²) in [6.07, 6.45) is 2.78. The van der Waals surface area contributed by atoms with Gasteiger partial charge in [0.2, 0.25) is 5.91 Å². The van der Waals surface area contributed by atoms with Crippen LogP contribution in [0.25, 0.3) is 0 Å². The van der Waals surface area contributed by atoms with Gasteiger partial charge in [-0.05, 0) is 30.7 Å². The van der Waals surface area contributed by atoms with Gasteiger partial charge in [-0.25, -0.2) is 0 Å². The van der Waals surface area contributed by atoms with Crippen LogP contribution in [-0.2, 0) is 11.3 Å². The Morgan fingerprint density at radius 1 is 1.35 bits per heavy atom. The molecule has 0 radical (unpaired) electrons. The van der Waals surface area contributed by atoms with Crippen LogP contribution in [0.4, 0.5) is 0 Å². The molecule has 4 nitrogen and oxygen atoms in total. The normalized spacial score (nSPS) is 22.9. The number of thiophene rings is 1. The van der Waals surface area contributed by atoms with Crippen molar-refractivity contribution in [2.45, 2.75) is 51.6 Å². The zero-order valence-electron chi connectivity index (χ0n) is 11.9. The molecule has 0 unspecified atom stereocenters. The van der Waals surface area contributed by atoms with Crippen LogP contribution in [0.5, 0.6) is 0 Å². The molecule has 1 aromatic heterocycles. The number of rotatable bonds is 2. The summed E-state index contributed by atoms with van der Waals surface area (Å²) < 4.78 is 0. The Labute approximate surface area is 123 Å². The van der Waals surface area contributed by atoms with E-state index in [-0.39, 0.29) is 17.9 Å². The van der Waals surface area contributed by atoms with E-state index in [9.17, 15) is 9.59 Å². The molecule has 3 rings (SSSR count). The molecule has 20 heavy (non-hydrogen) atoms. The number of hydrogen-bond donors (Lipinski definition) is 1. The van der Waals surface area contributed by atoms with Crippen LogP contribution in [-0.4, -0.2) is 29.3 Å². The molecule has 1 atom stereocenters. The smallest absolute Gasteiger partial charge is 0.256 e. The average molecular weight is 292 g/mol. The summed E-state index contributed by atoms with van der Waals surface area (Å²) in [4.78, 5) is 27.7. The monoisotopic (exact) mass is 292 g/mol. The Bertz CT molecular complexity index is 550. The minimum Gasteiger partial charge on any atom is -0.354 e. The molecule has 0 bridgehead atoms. The van der Waals surface area contributed by atoms with E-state index in [2.05, 4.69) is 19.2 Å². The molecular formula is C15H20N2O2S. The van der Waals surface area contributed by atoms with Crippen LogP contribution >= 0.6 is 11.3 Å². The molecule has 5 heteroatoms. The van der Waals surface area contributed by atoms with Crippen molar-refractivity contribution >= 4 is 23.2 Å². The van der Waals surface area contributed by atoms with Gasteiger partial charge in [-0.3, -0.25) is 9.59 Å². The summed E-state index contributed by atoms with van der Waals surface area (Å²) in [6.45, 7) is 5.63. The zero-order valence-corrected chi connectivity index (χ0v) is 12.8. The van der Waals surface area contributed by atoms with Gasteiger partial charge in [0, 0.05) is 23.3 Å². The molecule has 1 saturated heterocycles. The SMILES string of the molecule is CC(C)c1scc2c1CN([C@H]1CCCCNC1=O)C2=O. The van der Waals surface area contributed by atoms with Crippen LogP contribution < -0.4 is 5.32 Å². The van der Waals surface area contributed by atoms with Gasteiger partial charge in [-0.15, -0.1) is 11.3 Å². The largest absolute Gasteiger partial charge is 0.354 e. The molecule has 0 saturated carbocycles. The average Bonchev–Trinajstić information content (AvgIpc) is 2.87.